The molecule has 200 valence electrons. The summed E-state index contributed by atoms with van der Waals surface area (Å²) in [6, 6.07) is 12.7. The highest BCUT2D eigenvalue weighted by Gasteiger charge is 2.57. The number of carbonyl (C=O) groups excluding carboxylic acids is 2. The second-order valence-electron chi connectivity index (χ2n) is 11.0. The van der Waals surface area contributed by atoms with Crippen molar-refractivity contribution in [2.24, 2.45) is 5.92 Å². The second kappa shape index (κ2) is 9.33. The molecule has 0 spiro atoms. The van der Waals surface area contributed by atoms with Crippen molar-refractivity contribution in [1.82, 2.24) is 10.6 Å². The van der Waals surface area contributed by atoms with Crippen molar-refractivity contribution in [1.29, 1.82) is 0 Å². The Kier molecular flexibility index (Phi) is 6.05. The Morgan fingerprint density at radius 1 is 1.00 bits per heavy atom. The van der Waals surface area contributed by atoms with Crippen LogP contribution in [0.25, 0.3) is 33.4 Å². The first-order valence-electron chi connectivity index (χ1n) is 13.4. The van der Waals surface area contributed by atoms with Gasteiger partial charge in [0.1, 0.15) is 23.0 Å². The second-order valence-corrected chi connectivity index (χ2v) is 11.0. The van der Waals surface area contributed by atoms with E-state index in [2.05, 4.69) is 17.6 Å². The number of halogens is 2. The first-order chi connectivity index (χ1) is 18.7. The molecule has 0 unspecified atom stereocenters. The molecule has 5 nitrogen and oxygen atoms in total. The van der Waals surface area contributed by atoms with E-state index in [9.17, 15) is 14.0 Å². The van der Waals surface area contributed by atoms with Crippen LogP contribution in [0.2, 0.25) is 0 Å². The van der Waals surface area contributed by atoms with E-state index in [0.717, 1.165) is 48.8 Å². The van der Waals surface area contributed by atoms with Gasteiger partial charge in [-0.25, -0.2) is 8.78 Å². The van der Waals surface area contributed by atoms with Crippen molar-refractivity contribution in [3.8, 4) is 22.5 Å². The molecule has 3 fully saturated rings. The molecule has 3 aliphatic carbocycles. The van der Waals surface area contributed by atoms with Crippen LogP contribution in [0.3, 0.4) is 0 Å². The number of carbonyl (C=O) groups is 2. The predicted molar refractivity (Wildman–Crippen MR) is 147 cm³/mol. The number of aryl methyl sites for hydroxylation is 2. The molecule has 3 aromatic carbocycles. The number of furan rings is 1. The quantitative estimate of drug-likeness (QED) is 0.273. The van der Waals surface area contributed by atoms with E-state index in [0.29, 0.717) is 39.3 Å². The lowest BCUT2D eigenvalue weighted by Crippen LogP contribution is -2.68. The molecule has 0 radical (unpaired) electrons. The molecule has 2 bridgehead atoms. The molecular formula is C32H30F2N2O3. The van der Waals surface area contributed by atoms with E-state index in [1.165, 1.54) is 18.2 Å². The zero-order chi connectivity index (χ0) is 27.5. The standard InChI is InChI=1S/C32H30F2N2O3/c1-4-5-20-11-27-25(28(31(38)35-3)29(39-27)19-6-8-21(33)9-7-19)13-23(20)22-12-24(26(34)10-17(22)2)30(37)36-32-14-18(15-32)16-32/h6-13,18H,4-5,14-16H2,1-3H3,(H,35,38)(H,36,37). The van der Waals surface area contributed by atoms with Crippen molar-refractivity contribution in [2.75, 3.05) is 7.05 Å². The molecule has 1 heterocycles. The van der Waals surface area contributed by atoms with Crippen LogP contribution in [0.5, 0.6) is 0 Å². The highest BCUT2D eigenvalue weighted by Crippen LogP contribution is 2.57. The van der Waals surface area contributed by atoms with Crippen LogP contribution >= 0.6 is 0 Å². The fraction of sp³-hybridized carbons (Fsp3) is 0.312. The molecule has 1 aromatic heterocycles. The first-order valence-corrected chi connectivity index (χ1v) is 13.4. The summed E-state index contributed by atoms with van der Waals surface area (Å²) >= 11 is 0. The minimum absolute atomic E-state index is 0.0218. The zero-order valence-electron chi connectivity index (χ0n) is 22.2. The van der Waals surface area contributed by atoms with Gasteiger partial charge in [-0.05, 0) is 109 Å². The third kappa shape index (κ3) is 4.20. The zero-order valence-corrected chi connectivity index (χ0v) is 22.2. The van der Waals surface area contributed by atoms with Gasteiger partial charge < -0.3 is 15.1 Å². The monoisotopic (exact) mass is 528 g/mol. The van der Waals surface area contributed by atoms with Gasteiger partial charge in [0.2, 0.25) is 0 Å². The van der Waals surface area contributed by atoms with E-state index in [-0.39, 0.29) is 22.8 Å². The van der Waals surface area contributed by atoms with Crippen molar-refractivity contribution in [3.05, 3.63) is 82.4 Å². The maximum atomic E-state index is 15.1. The van der Waals surface area contributed by atoms with Gasteiger partial charge in [-0.1, -0.05) is 13.3 Å². The van der Waals surface area contributed by atoms with E-state index in [1.54, 1.807) is 25.2 Å². The van der Waals surface area contributed by atoms with Crippen molar-refractivity contribution in [2.45, 2.75) is 51.5 Å². The Labute approximate surface area is 225 Å². The van der Waals surface area contributed by atoms with Crippen molar-refractivity contribution >= 4 is 22.8 Å². The average Bonchev–Trinajstić information content (AvgIpc) is 3.23. The van der Waals surface area contributed by atoms with Gasteiger partial charge in [0.15, 0.2) is 0 Å². The number of benzene rings is 3. The molecule has 39 heavy (non-hydrogen) atoms. The van der Waals surface area contributed by atoms with Gasteiger partial charge in [0.25, 0.3) is 11.8 Å². The van der Waals surface area contributed by atoms with Gasteiger partial charge in [-0.2, -0.15) is 0 Å². The fourth-order valence-electron chi connectivity index (χ4n) is 6.14. The Bertz CT molecular complexity index is 1620. The molecule has 2 amide bonds. The highest BCUT2D eigenvalue weighted by atomic mass is 19.1. The number of rotatable bonds is 7. The fourth-order valence-corrected chi connectivity index (χ4v) is 6.14. The van der Waals surface area contributed by atoms with E-state index < -0.39 is 11.7 Å². The minimum Gasteiger partial charge on any atom is -0.455 e. The van der Waals surface area contributed by atoms with Crippen LogP contribution in [0.1, 0.15) is 64.4 Å². The van der Waals surface area contributed by atoms with Crippen LogP contribution < -0.4 is 10.6 Å². The molecule has 3 aliphatic rings. The molecule has 2 N–H and O–H groups in total. The van der Waals surface area contributed by atoms with Crippen LogP contribution in [0, 0.1) is 24.5 Å². The summed E-state index contributed by atoms with van der Waals surface area (Å²) < 4.78 is 34.9. The van der Waals surface area contributed by atoms with Gasteiger partial charge in [-0.15, -0.1) is 0 Å². The van der Waals surface area contributed by atoms with E-state index >= 15 is 4.39 Å². The van der Waals surface area contributed by atoms with Gasteiger partial charge in [0, 0.05) is 23.5 Å². The maximum absolute atomic E-state index is 15.1. The highest BCUT2D eigenvalue weighted by molar-refractivity contribution is 6.12. The third-order valence-electron chi connectivity index (χ3n) is 8.26. The number of hydrogen-bond acceptors (Lipinski definition) is 3. The van der Waals surface area contributed by atoms with Gasteiger partial charge in [-0.3, -0.25) is 9.59 Å². The molecule has 0 aliphatic heterocycles. The first kappa shape index (κ1) is 25.3. The largest absolute Gasteiger partial charge is 0.455 e. The SMILES string of the molecule is CCCc1cc2oc(-c3ccc(F)cc3)c(C(=O)NC)c2cc1-c1cc(C(=O)NC23CC(C2)C3)c(F)cc1C. The maximum Gasteiger partial charge on any atom is 0.255 e. The van der Waals surface area contributed by atoms with Gasteiger partial charge >= 0.3 is 0 Å². The number of hydrogen-bond donors (Lipinski definition) is 2. The molecule has 7 heteroatoms. The normalized spacial score (nSPS) is 19.4. The summed E-state index contributed by atoms with van der Waals surface area (Å²) in [5.41, 5.74) is 4.51. The summed E-state index contributed by atoms with van der Waals surface area (Å²) in [6.07, 6.45) is 4.47. The lowest BCUT2D eigenvalue weighted by atomic mass is 9.50. The predicted octanol–water partition coefficient (Wildman–Crippen LogP) is 6.95. The van der Waals surface area contributed by atoms with E-state index in [4.69, 9.17) is 4.42 Å². The third-order valence-corrected chi connectivity index (χ3v) is 8.26. The number of amides is 2. The Balaban J connectivity index is 1.52. The molecule has 3 saturated carbocycles. The number of fused-ring (bicyclic) bond motifs is 1. The topological polar surface area (TPSA) is 71.3 Å². The molecule has 7 rings (SSSR count). The smallest absolute Gasteiger partial charge is 0.255 e. The van der Waals surface area contributed by atoms with Crippen LogP contribution in [0.15, 0.2) is 52.9 Å². The summed E-state index contributed by atoms with van der Waals surface area (Å²) in [6.45, 7) is 3.89. The van der Waals surface area contributed by atoms with Gasteiger partial charge in [0.05, 0.1) is 11.1 Å². The Morgan fingerprint density at radius 2 is 1.72 bits per heavy atom. The summed E-state index contributed by atoms with van der Waals surface area (Å²) in [5, 5.41) is 6.34. The van der Waals surface area contributed by atoms with Crippen LogP contribution in [-0.2, 0) is 6.42 Å². The Hall–Kier alpha value is -4.00. The lowest BCUT2D eigenvalue weighted by Gasteiger charge is -2.61. The lowest BCUT2D eigenvalue weighted by molar-refractivity contribution is -0.0439. The summed E-state index contributed by atoms with van der Waals surface area (Å²) in [4.78, 5) is 26.2. The van der Waals surface area contributed by atoms with Crippen molar-refractivity contribution in [3.63, 3.8) is 0 Å². The summed E-state index contributed by atoms with van der Waals surface area (Å²) in [7, 11) is 1.54. The average molecular weight is 529 g/mol. The Morgan fingerprint density at radius 3 is 2.33 bits per heavy atom. The number of nitrogens with one attached hydrogen (secondary N) is 2. The van der Waals surface area contributed by atoms with E-state index in [1.807, 2.05) is 19.1 Å². The van der Waals surface area contributed by atoms with Crippen molar-refractivity contribution < 1.29 is 22.8 Å². The van der Waals surface area contributed by atoms with Crippen LogP contribution in [-0.4, -0.2) is 24.4 Å². The minimum atomic E-state index is -0.550. The van der Waals surface area contributed by atoms with Crippen LogP contribution in [0.4, 0.5) is 8.78 Å². The molecule has 4 aromatic rings. The molecule has 0 saturated heterocycles. The molecule has 0 atom stereocenters. The summed E-state index contributed by atoms with van der Waals surface area (Å²) in [5.74, 6) is -0.625. The molecular weight excluding hydrogens is 498 g/mol.